The summed E-state index contributed by atoms with van der Waals surface area (Å²) in [7, 11) is 4.26. The quantitative estimate of drug-likeness (QED) is 0.249. The second-order valence-electron chi connectivity index (χ2n) is 5.92. The minimum absolute atomic E-state index is 0.221. The van der Waals surface area contributed by atoms with E-state index < -0.39 is 0 Å². The molecule has 0 fully saturated rings. The number of carbonyl (C=O) groups is 1. The van der Waals surface area contributed by atoms with Crippen LogP contribution in [0.2, 0.25) is 0 Å². The Labute approximate surface area is 163 Å². The van der Waals surface area contributed by atoms with Gasteiger partial charge in [-0.3, -0.25) is 4.79 Å². The predicted octanol–water partition coefficient (Wildman–Crippen LogP) is 4.95. The maximum atomic E-state index is 13.5. The van der Waals surface area contributed by atoms with E-state index >= 15 is 0 Å². The minimum atomic E-state index is -0.221. The summed E-state index contributed by atoms with van der Waals surface area (Å²) < 4.78 is 24.2. The fourth-order valence-corrected chi connectivity index (χ4v) is 2.75. The van der Waals surface area contributed by atoms with Crippen LogP contribution in [-0.4, -0.2) is 26.6 Å². The molecule has 0 heterocycles. The number of aldehydes is 1. The monoisotopic (exact) mass is 390 g/mol. The number of allylic oxidation sites excluding steroid dienone is 1. The second-order valence-corrected chi connectivity index (χ2v) is 6.59. The maximum Gasteiger partial charge on any atom is 0.142 e. The molecular formula is C22H28FO3P. The number of unbranched alkanes of at least 4 members (excludes halogenated alkanes) is 3. The smallest absolute Gasteiger partial charge is 0.142 e. The molecule has 146 valence electrons. The molecule has 0 aliphatic heterocycles. The van der Waals surface area contributed by atoms with E-state index in [-0.39, 0.29) is 5.82 Å². The van der Waals surface area contributed by atoms with E-state index in [1.807, 2.05) is 30.3 Å². The van der Waals surface area contributed by atoms with Crippen LogP contribution in [0, 0.1) is 5.82 Å². The van der Waals surface area contributed by atoms with E-state index in [1.165, 1.54) is 18.6 Å². The zero-order valence-corrected chi connectivity index (χ0v) is 17.0. The Morgan fingerprint density at radius 2 is 1.63 bits per heavy atom. The zero-order valence-electron chi connectivity index (χ0n) is 15.8. The minimum Gasteiger partial charge on any atom is -0.494 e. The fourth-order valence-electron chi connectivity index (χ4n) is 2.41. The largest absolute Gasteiger partial charge is 0.494 e. The molecule has 1 atom stereocenters. The summed E-state index contributed by atoms with van der Waals surface area (Å²) in [6.45, 7) is 4.67. The van der Waals surface area contributed by atoms with Gasteiger partial charge < -0.3 is 9.47 Å². The van der Waals surface area contributed by atoms with Crippen molar-refractivity contribution >= 4 is 20.8 Å². The molecule has 5 heteroatoms. The van der Waals surface area contributed by atoms with Crippen LogP contribution in [-0.2, 0) is 9.53 Å². The van der Waals surface area contributed by atoms with Crippen molar-refractivity contribution in [3.05, 3.63) is 60.9 Å². The van der Waals surface area contributed by atoms with Gasteiger partial charge in [-0.05, 0) is 72.1 Å². The molecule has 0 aliphatic carbocycles. The lowest BCUT2D eigenvalue weighted by atomic mass is 10.1. The lowest BCUT2D eigenvalue weighted by Crippen LogP contribution is -1.98. The zero-order chi connectivity index (χ0) is 19.9. The number of benzene rings is 2. The van der Waals surface area contributed by atoms with Gasteiger partial charge in [-0.25, -0.2) is 4.39 Å². The molecule has 0 N–H and O–H groups in total. The third kappa shape index (κ3) is 10.0. The van der Waals surface area contributed by atoms with Crippen molar-refractivity contribution < 1.29 is 18.7 Å². The first kappa shape index (κ1) is 23.0. The molecule has 0 radical (unpaired) electrons. The Balaban J connectivity index is 0.000000828. The predicted molar refractivity (Wildman–Crippen MR) is 113 cm³/mol. The highest BCUT2D eigenvalue weighted by Gasteiger charge is 2.02. The molecule has 0 amide bonds. The van der Waals surface area contributed by atoms with Gasteiger partial charge >= 0.3 is 0 Å². The molecule has 0 aromatic heterocycles. The van der Waals surface area contributed by atoms with Crippen molar-refractivity contribution in [1.82, 2.24) is 0 Å². The van der Waals surface area contributed by atoms with Crippen molar-refractivity contribution in [3.63, 3.8) is 0 Å². The van der Waals surface area contributed by atoms with Crippen molar-refractivity contribution in [1.29, 1.82) is 0 Å². The van der Waals surface area contributed by atoms with Crippen LogP contribution in [0.3, 0.4) is 0 Å². The van der Waals surface area contributed by atoms with Gasteiger partial charge in [-0.2, -0.15) is 0 Å². The van der Waals surface area contributed by atoms with Crippen LogP contribution in [0.5, 0.6) is 5.75 Å². The molecule has 0 saturated carbocycles. The van der Waals surface area contributed by atoms with Crippen LogP contribution in [0.1, 0.15) is 25.7 Å². The van der Waals surface area contributed by atoms with Gasteiger partial charge in [0.15, 0.2) is 0 Å². The first-order valence-electron chi connectivity index (χ1n) is 8.95. The van der Waals surface area contributed by atoms with Crippen molar-refractivity contribution in [2.75, 3.05) is 20.3 Å². The number of carbonyl (C=O) groups excluding carboxylic acids is 1. The van der Waals surface area contributed by atoms with E-state index in [9.17, 15) is 4.39 Å². The molecule has 2 aromatic carbocycles. The molecule has 1 unspecified atom stereocenters. The number of rotatable bonds is 10. The van der Waals surface area contributed by atoms with Crippen LogP contribution >= 0.6 is 9.24 Å². The molecule has 2 rings (SSSR count). The van der Waals surface area contributed by atoms with Crippen LogP contribution in [0.15, 0.2) is 55.1 Å². The third-order valence-corrected chi connectivity index (χ3v) is 4.05. The van der Waals surface area contributed by atoms with Crippen LogP contribution in [0.25, 0.3) is 11.1 Å². The number of hydrogen-bond acceptors (Lipinski definition) is 3. The van der Waals surface area contributed by atoms with Gasteiger partial charge in [0.05, 0.1) is 6.61 Å². The van der Waals surface area contributed by atoms with Crippen LogP contribution in [0.4, 0.5) is 4.39 Å². The first-order valence-corrected chi connectivity index (χ1v) is 9.53. The number of ether oxygens (including phenoxy) is 2. The Morgan fingerprint density at radius 1 is 1.00 bits per heavy atom. The number of methoxy groups -OCH3 is 1. The van der Waals surface area contributed by atoms with Gasteiger partial charge in [0.25, 0.3) is 0 Å². The normalized spacial score (nSPS) is 9.89. The van der Waals surface area contributed by atoms with E-state index in [4.69, 9.17) is 14.3 Å². The number of halogens is 1. The Kier molecular flexibility index (Phi) is 12.0. The molecule has 0 spiro atoms. The Hall–Kier alpha value is -2.03. The lowest BCUT2D eigenvalue weighted by Gasteiger charge is -2.08. The summed E-state index contributed by atoms with van der Waals surface area (Å²) in [5.41, 5.74) is 1.86. The van der Waals surface area contributed by atoms with Crippen molar-refractivity contribution in [3.8, 4) is 16.9 Å². The van der Waals surface area contributed by atoms with Gasteiger partial charge in [0.2, 0.25) is 0 Å². The number of hydrogen-bond donors (Lipinski definition) is 0. The second kappa shape index (κ2) is 14.1. The Morgan fingerprint density at radius 3 is 2.19 bits per heavy atom. The van der Waals surface area contributed by atoms with E-state index in [0.717, 1.165) is 54.7 Å². The van der Waals surface area contributed by atoms with E-state index in [0.29, 0.717) is 6.29 Å². The summed E-state index contributed by atoms with van der Waals surface area (Å²) in [6, 6.07) is 12.8. The van der Waals surface area contributed by atoms with E-state index in [2.05, 4.69) is 15.8 Å². The molecule has 27 heavy (non-hydrogen) atoms. The summed E-state index contributed by atoms with van der Waals surface area (Å²) >= 11 is 0. The van der Waals surface area contributed by atoms with Gasteiger partial charge in [-0.1, -0.05) is 25.1 Å². The van der Waals surface area contributed by atoms with Crippen LogP contribution < -0.4 is 10.0 Å². The highest BCUT2D eigenvalue weighted by molar-refractivity contribution is 7.27. The molecule has 0 bridgehead atoms. The molecule has 3 nitrogen and oxygen atoms in total. The first-order chi connectivity index (χ1) is 13.1. The van der Waals surface area contributed by atoms with Gasteiger partial charge in [-0.15, -0.1) is 9.24 Å². The van der Waals surface area contributed by atoms with Gasteiger partial charge in [0.1, 0.15) is 17.9 Å². The molecule has 2 aromatic rings. The average Bonchev–Trinajstić information content (AvgIpc) is 2.67. The van der Waals surface area contributed by atoms with Crippen molar-refractivity contribution in [2.45, 2.75) is 25.7 Å². The van der Waals surface area contributed by atoms with Crippen molar-refractivity contribution in [2.24, 2.45) is 0 Å². The summed E-state index contributed by atoms with van der Waals surface area (Å²) in [6.07, 6.45) is 6.32. The summed E-state index contributed by atoms with van der Waals surface area (Å²) in [4.78, 5) is 9.06. The average molecular weight is 390 g/mol. The molecular weight excluding hydrogens is 362 g/mol. The highest BCUT2D eigenvalue weighted by Crippen LogP contribution is 2.23. The molecule has 0 saturated heterocycles. The maximum absolute atomic E-state index is 13.5. The summed E-state index contributed by atoms with van der Waals surface area (Å²) in [5, 5.41) is 0.841. The van der Waals surface area contributed by atoms with E-state index in [1.54, 1.807) is 13.2 Å². The standard InChI is InChI=1S/C19H24FO2P.C3H4O/c1-21-10-4-2-3-5-11-22-18-8-6-15(7-9-18)16-12-17(20)14-19(23)13-16;1-2-3-4/h6-9,12-14H,2-5,10-11,23H2,1H3;2-3H,1H2. The Bertz CT molecular complexity index is 660. The lowest BCUT2D eigenvalue weighted by molar-refractivity contribution is -0.104. The topological polar surface area (TPSA) is 35.5 Å². The molecule has 0 aliphatic rings. The fraction of sp³-hybridized carbons (Fsp3) is 0.318. The SMILES string of the molecule is C=CC=O.COCCCCCCOc1ccc(-c2cc(F)cc(P)c2)cc1. The third-order valence-electron chi connectivity index (χ3n) is 3.72. The highest BCUT2D eigenvalue weighted by atomic mass is 31.0. The summed E-state index contributed by atoms with van der Waals surface area (Å²) in [5.74, 6) is 0.634. The van der Waals surface area contributed by atoms with Gasteiger partial charge in [0, 0.05) is 13.7 Å².